The first kappa shape index (κ1) is 20.0. The van der Waals surface area contributed by atoms with Crippen molar-refractivity contribution in [1.29, 1.82) is 0 Å². The van der Waals surface area contributed by atoms with E-state index < -0.39 is 11.7 Å². The van der Waals surface area contributed by atoms with Gasteiger partial charge in [-0.25, -0.2) is 4.79 Å². The topological polar surface area (TPSA) is 49.9 Å². The van der Waals surface area contributed by atoms with E-state index in [1.54, 1.807) is 19.0 Å². The lowest BCUT2D eigenvalue weighted by atomic mass is 10.1. The molecule has 0 saturated heterocycles. The van der Waals surface area contributed by atoms with Crippen LogP contribution in [0.3, 0.4) is 0 Å². The smallest absolute Gasteiger partial charge is 0.410 e. The van der Waals surface area contributed by atoms with Crippen molar-refractivity contribution in [3.05, 3.63) is 35.9 Å². The SMILES string of the molecule is CCC(CC(=O)N(C)Cc1ccccc1)N(C)C(=O)OC(C)(C)C. The molecule has 24 heavy (non-hydrogen) atoms. The van der Waals surface area contributed by atoms with Crippen LogP contribution in [0, 0.1) is 0 Å². The molecule has 1 aromatic carbocycles. The summed E-state index contributed by atoms with van der Waals surface area (Å²) >= 11 is 0. The number of carbonyl (C=O) groups is 2. The molecule has 0 N–H and O–H groups in total. The van der Waals surface area contributed by atoms with Crippen molar-refractivity contribution in [3.63, 3.8) is 0 Å². The highest BCUT2D eigenvalue weighted by Crippen LogP contribution is 2.15. The van der Waals surface area contributed by atoms with E-state index in [1.807, 2.05) is 58.0 Å². The molecule has 0 aliphatic rings. The maximum absolute atomic E-state index is 12.5. The van der Waals surface area contributed by atoms with Crippen molar-refractivity contribution < 1.29 is 14.3 Å². The highest BCUT2D eigenvalue weighted by Gasteiger charge is 2.26. The Labute approximate surface area is 145 Å². The number of carbonyl (C=O) groups excluding carboxylic acids is 2. The third-order valence-electron chi connectivity index (χ3n) is 3.80. The molecule has 0 spiro atoms. The van der Waals surface area contributed by atoms with Gasteiger partial charge in [0.25, 0.3) is 0 Å². The molecule has 1 aromatic rings. The van der Waals surface area contributed by atoms with Gasteiger partial charge in [-0.2, -0.15) is 0 Å². The van der Waals surface area contributed by atoms with Gasteiger partial charge in [0.1, 0.15) is 5.60 Å². The Hall–Kier alpha value is -2.04. The van der Waals surface area contributed by atoms with Crippen LogP contribution in [0.15, 0.2) is 30.3 Å². The molecular formula is C19H30N2O3. The van der Waals surface area contributed by atoms with Crippen molar-refractivity contribution >= 4 is 12.0 Å². The molecule has 0 heterocycles. The second-order valence-corrected chi connectivity index (χ2v) is 7.09. The first-order chi connectivity index (χ1) is 11.1. The van der Waals surface area contributed by atoms with Gasteiger partial charge in [0.15, 0.2) is 0 Å². The van der Waals surface area contributed by atoms with Crippen molar-refractivity contribution in [2.45, 2.75) is 58.7 Å². The molecule has 0 saturated carbocycles. The van der Waals surface area contributed by atoms with Crippen LogP contribution >= 0.6 is 0 Å². The normalized spacial score (nSPS) is 12.4. The maximum Gasteiger partial charge on any atom is 0.410 e. The zero-order valence-corrected chi connectivity index (χ0v) is 15.7. The van der Waals surface area contributed by atoms with Gasteiger partial charge in [-0.1, -0.05) is 37.3 Å². The van der Waals surface area contributed by atoms with E-state index in [1.165, 1.54) is 4.90 Å². The molecule has 2 amide bonds. The highest BCUT2D eigenvalue weighted by atomic mass is 16.6. The number of hydrogen-bond acceptors (Lipinski definition) is 3. The summed E-state index contributed by atoms with van der Waals surface area (Å²) in [5.41, 5.74) is 0.541. The fraction of sp³-hybridized carbons (Fsp3) is 0.579. The van der Waals surface area contributed by atoms with Crippen LogP contribution in [0.25, 0.3) is 0 Å². The number of hydrogen-bond donors (Lipinski definition) is 0. The molecule has 0 aliphatic carbocycles. The molecular weight excluding hydrogens is 304 g/mol. The third-order valence-corrected chi connectivity index (χ3v) is 3.80. The predicted molar refractivity (Wildman–Crippen MR) is 95.6 cm³/mol. The summed E-state index contributed by atoms with van der Waals surface area (Å²) < 4.78 is 5.38. The summed E-state index contributed by atoms with van der Waals surface area (Å²) in [6.45, 7) is 8.03. The highest BCUT2D eigenvalue weighted by molar-refractivity contribution is 5.77. The average molecular weight is 334 g/mol. The Morgan fingerprint density at radius 3 is 2.21 bits per heavy atom. The van der Waals surface area contributed by atoms with Crippen LogP contribution in [0.5, 0.6) is 0 Å². The summed E-state index contributed by atoms with van der Waals surface area (Å²) in [5.74, 6) is 0.0149. The molecule has 5 nitrogen and oxygen atoms in total. The number of benzene rings is 1. The largest absolute Gasteiger partial charge is 0.444 e. The summed E-state index contributed by atoms with van der Waals surface area (Å²) in [6, 6.07) is 9.68. The molecule has 134 valence electrons. The third kappa shape index (κ3) is 6.60. The van der Waals surface area contributed by atoms with Crippen molar-refractivity contribution in [1.82, 2.24) is 9.80 Å². The van der Waals surface area contributed by atoms with E-state index in [0.717, 1.165) is 5.56 Å². The Morgan fingerprint density at radius 2 is 1.71 bits per heavy atom. The van der Waals surface area contributed by atoms with Gasteiger partial charge in [0.05, 0.1) is 0 Å². The van der Waals surface area contributed by atoms with Gasteiger partial charge < -0.3 is 14.5 Å². The summed E-state index contributed by atoms with van der Waals surface area (Å²) in [6.07, 6.45) is 0.587. The molecule has 1 rings (SSSR count). The summed E-state index contributed by atoms with van der Waals surface area (Å²) in [5, 5.41) is 0. The van der Waals surface area contributed by atoms with E-state index in [-0.39, 0.29) is 18.4 Å². The van der Waals surface area contributed by atoms with Gasteiger partial charge in [0, 0.05) is 33.1 Å². The standard InChI is InChI=1S/C19H30N2O3/c1-7-16(21(6)18(23)24-19(2,3)4)13-17(22)20(5)14-15-11-9-8-10-12-15/h8-12,16H,7,13-14H2,1-6H3. The number of ether oxygens (including phenoxy) is 1. The number of amides is 2. The van der Waals surface area contributed by atoms with E-state index in [9.17, 15) is 9.59 Å². The van der Waals surface area contributed by atoms with Gasteiger partial charge in [-0.05, 0) is 32.8 Å². The minimum atomic E-state index is -0.544. The number of rotatable bonds is 6. The minimum Gasteiger partial charge on any atom is -0.444 e. The van der Waals surface area contributed by atoms with E-state index in [0.29, 0.717) is 13.0 Å². The Balaban J connectivity index is 2.62. The minimum absolute atomic E-state index is 0.0149. The zero-order chi connectivity index (χ0) is 18.3. The Morgan fingerprint density at radius 1 is 1.12 bits per heavy atom. The first-order valence-electron chi connectivity index (χ1n) is 8.37. The fourth-order valence-corrected chi connectivity index (χ4v) is 2.34. The molecule has 1 atom stereocenters. The predicted octanol–water partition coefficient (Wildman–Crippen LogP) is 3.68. The molecule has 0 bridgehead atoms. The molecule has 0 radical (unpaired) electrons. The summed E-state index contributed by atoms with van der Waals surface area (Å²) in [4.78, 5) is 27.9. The van der Waals surface area contributed by atoms with Crippen LogP contribution < -0.4 is 0 Å². The summed E-state index contributed by atoms with van der Waals surface area (Å²) in [7, 11) is 3.47. The number of nitrogens with zero attached hydrogens (tertiary/aromatic N) is 2. The van der Waals surface area contributed by atoms with Crippen molar-refractivity contribution in [2.24, 2.45) is 0 Å². The molecule has 0 aromatic heterocycles. The van der Waals surface area contributed by atoms with Crippen LogP contribution in [0.2, 0.25) is 0 Å². The monoisotopic (exact) mass is 334 g/mol. The lowest BCUT2D eigenvalue weighted by molar-refractivity contribution is -0.131. The van der Waals surface area contributed by atoms with Crippen LogP contribution in [-0.4, -0.2) is 47.5 Å². The van der Waals surface area contributed by atoms with Crippen LogP contribution in [-0.2, 0) is 16.1 Å². The molecule has 1 unspecified atom stereocenters. The quantitative estimate of drug-likeness (QED) is 0.797. The lowest BCUT2D eigenvalue weighted by Crippen LogP contribution is -2.43. The van der Waals surface area contributed by atoms with Gasteiger partial charge in [-0.15, -0.1) is 0 Å². The van der Waals surface area contributed by atoms with Gasteiger partial charge in [-0.3, -0.25) is 4.79 Å². The molecule has 0 fully saturated rings. The van der Waals surface area contributed by atoms with Gasteiger partial charge in [0.2, 0.25) is 5.91 Å². The Bertz CT molecular complexity index is 537. The van der Waals surface area contributed by atoms with Crippen LogP contribution in [0.4, 0.5) is 4.79 Å². The second-order valence-electron chi connectivity index (χ2n) is 7.09. The first-order valence-corrected chi connectivity index (χ1v) is 8.37. The van der Waals surface area contributed by atoms with Crippen molar-refractivity contribution in [3.8, 4) is 0 Å². The van der Waals surface area contributed by atoms with E-state index in [2.05, 4.69) is 0 Å². The average Bonchev–Trinajstić information content (AvgIpc) is 2.50. The fourth-order valence-electron chi connectivity index (χ4n) is 2.34. The maximum atomic E-state index is 12.5. The molecule has 5 heteroatoms. The molecule has 0 aliphatic heterocycles. The lowest BCUT2D eigenvalue weighted by Gasteiger charge is -2.31. The van der Waals surface area contributed by atoms with E-state index in [4.69, 9.17) is 4.74 Å². The zero-order valence-electron chi connectivity index (χ0n) is 15.7. The van der Waals surface area contributed by atoms with Crippen LogP contribution in [0.1, 0.15) is 46.1 Å². The van der Waals surface area contributed by atoms with Gasteiger partial charge >= 0.3 is 6.09 Å². The Kier molecular flexibility index (Phi) is 7.26. The second kappa shape index (κ2) is 8.71. The van der Waals surface area contributed by atoms with E-state index >= 15 is 0 Å². The van der Waals surface area contributed by atoms with Crippen molar-refractivity contribution in [2.75, 3.05) is 14.1 Å².